The number of aliphatic hydroxyl groups is 4. The molecule has 51 heavy (non-hydrogen) atoms. The molecule has 3 aromatic rings. The van der Waals surface area contributed by atoms with Crippen LogP contribution in [0.1, 0.15) is 62.2 Å². The Morgan fingerprint density at radius 3 is 1.94 bits per heavy atom. The minimum absolute atomic E-state index is 0.0565. The van der Waals surface area contributed by atoms with Crippen LogP contribution in [0.15, 0.2) is 48.3 Å². The van der Waals surface area contributed by atoms with E-state index in [2.05, 4.69) is 23.6 Å². The number of nitrogens with zero attached hydrogens (tertiary/aromatic N) is 6. The zero-order chi connectivity index (χ0) is 36.8. The Morgan fingerprint density at radius 2 is 1.43 bits per heavy atom. The zero-order valence-electron chi connectivity index (χ0n) is 30.3. The second-order valence-corrected chi connectivity index (χ2v) is 14.4. The third-order valence-corrected chi connectivity index (χ3v) is 11.0. The van der Waals surface area contributed by atoms with Gasteiger partial charge in [0.1, 0.15) is 11.4 Å². The lowest BCUT2D eigenvalue weighted by Crippen LogP contribution is -2.33. The molecular weight excluding hydrogens is 672 g/mol. The first-order chi connectivity index (χ1) is 24.6. The minimum Gasteiger partial charge on any atom is -0.480 e. The summed E-state index contributed by atoms with van der Waals surface area (Å²) in [5.41, 5.74) is 5.25. The molecule has 2 aliphatic rings. The van der Waals surface area contributed by atoms with Crippen LogP contribution in [0.4, 0.5) is 0 Å². The molecule has 0 bridgehead atoms. The molecule has 1 atom stereocenters. The van der Waals surface area contributed by atoms with Crippen LogP contribution < -0.4 is 9.47 Å². The smallest absolute Gasteiger partial charge is 0.237 e. The summed E-state index contributed by atoms with van der Waals surface area (Å²) in [4.78, 5) is 23.5. The van der Waals surface area contributed by atoms with Gasteiger partial charge in [0.25, 0.3) is 0 Å². The number of aromatic nitrogens is 4. The normalized spacial score (nSPS) is 18.7. The molecule has 4 N–H and O–H groups in total. The van der Waals surface area contributed by atoms with Gasteiger partial charge in [0.05, 0.1) is 63.3 Å². The minimum atomic E-state index is -0.505. The van der Waals surface area contributed by atoms with Gasteiger partial charge in [0, 0.05) is 60.3 Å². The number of hydrogen-bond donors (Lipinski definition) is 4. The molecule has 13 heteroatoms. The maximum absolute atomic E-state index is 9.83. The number of benzene rings is 1. The molecular formula is C38H51ClN6O6. The summed E-state index contributed by atoms with van der Waals surface area (Å²) in [5, 5.41) is 39.8. The van der Waals surface area contributed by atoms with E-state index in [0.717, 1.165) is 41.9 Å². The van der Waals surface area contributed by atoms with E-state index in [1.54, 1.807) is 26.6 Å². The molecule has 0 aliphatic carbocycles. The first-order valence-corrected chi connectivity index (χ1v) is 17.8. The van der Waals surface area contributed by atoms with Gasteiger partial charge < -0.3 is 29.9 Å². The van der Waals surface area contributed by atoms with E-state index in [0.29, 0.717) is 72.0 Å². The standard InChI is InChI=1S/C38H51ClN6O6/c1-6-8-27(25(2)26(3)30-15-40-32(35(42-30)50-4)17-44-13-11-37(19-44,21-46)22-47)28-9-7-10-29(34(28)39)31-16-41-33(36(43-31)51-5)18-45-14-12-38(20-45,23-48)24-49/h6-10,15-16,26,46-49H,11-14,17-24H2,1-5H3/b8-6-,27-25+. The molecule has 0 spiro atoms. The molecule has 1 unspecified atom stereocenters. The van der Waals surface area contributed by atoms with Gasteiger partial charge in [-0.25, -0.2) is 9.97 Å². The maximum atomic E-state index is 9.83. The average Bonchev–Trinajstić information content (AvgIpc) is 3.78. The van der Waals surface area contributed by atoms with Crippen molar-refractivity contribution in [2.75, 3.05) is 66.8 Å². The van der Waals surface area contributed by atoms with E-state index >= 15 is 0 Å². The first kappa shape index (κ1) is 38.7. The van der Waals surface area contributed by atoms with E-state index in [1.165, 1.54) is 0 Å². The highest BCUT2D eigenvalue weighted by atomic mass is 35.5. The van der Waals surface area contributed by atoms with E-state index in [4.69, 9.17) is 41.0 Å². The van der Waals surface area contributed by atoms with Crippen LogP contribution in [0, 0.1) is 10.8 Å². The molecule has 2 aromatic heterocycles. The topological polar surface area (TPSA) is 157 Å². The molecule has 0 amide bonds. The van der Waals surface area contributed by atoms with Crippen LogP contribution >= 0.6 is 11.6 Å². The highest BCUT2D eigenvalue weighted by Gasteiger charge is 2.38. The third kappa shape index (κ3) is 8.28. The van der Waals surface area contributed by atoms with Crippen LogP contribution in [0.3, 0.4) is 0 Å². The Hall–Kier alpha value is -3.49. The van der Waals surface area contributed by atoms with Gasteiger partial charge in [-0.2, -0.15) is 0 Å². The molecule has 0 radical (unpaired) electrons. The number of halogens is 1. The fourth-order valence-electron chi connectivity index (χ4n) is 7.05. The van der Waals surface area contributed by atoms with Gasteiger partial charge in [0.2, 0.25) is 11.8 Å². The molecule has 4 heterocycles. The van der Waals surface area contributed by atoms with E-state index < -0.39 is 10.8 Å². The summed E-state index contributed by atoms with van der Waals surface area (Å²) in [6, 6.07) is 5.85. The molecule has 12 nitrogen and oxygen atoms in total. The molecule has 5 rings (SSSR count). The highest BCUT2D eigenvalue weighted by molar-refractivity contribution is 6.35. The van der Waals surface area contributed by atoms with Crippen molar-refractivity contribution in [2.45, 2.75) is 52.6 Å². The van der Waals surface area contributed by atoms with Crippen molar-refractivity contribution in [3.63, 3.8) is 0 Å². The second kappa shape index (κ2) is 16.9. The maximum Gasteiger partial charge on any atom is 0.237 e. The lowest BCUT2D eigenvalue weighted by Gasteiger charge is -2.24. The van der Waals surface area contributed by atoms with Crippen LogP contribution in [-0.2, 0) is 13.1 Å². The van der Waals surface area contributed by atoms with Crippen LogP contribution in [-0.4, -0.2) is 117 Å². The van der Waals surface area contributed by atoms with Gasteiger partial charge in [-0.1, -0.05) is 54.4 Å². The van der Waals surface area contributed by atoms with Crippen LogP contribution in [0.25, 0.3) is 16.8 Å². The quantitative estimate of drug-likeness (QED) is 0.167. The Bertz CT molecular complexity index is 1730. The number of methoxy groups -OCH3 is 2. The Morgan fingerprint density at radius 1 is 0.882 bits per heavy atom. The summed E-state index contributed by atoms with van der Waals surface area (Å²) in [6.07, 6.45) is 8.95. The molecule has 1 aromatic carbocycles. The fourth-order valence-corrected chi connectivity index (χ4v) is 7.37. The molecule has 276 valence electrons. The van der Waals surface area contributed by atoms with Crippen molar-refractivity contribution < 1.29 is 29.9 Å². The van der Waals surface area contributed by atoms with Gasteiger partial charge in [-0.15, -0.1) is 0 Å². The number of hydrogen-bond acceptors (Lipinski definition) is 12. The van der Waals surface area contributed by atoms with E-state index in [-0.39, 0.29) is 32.3 Å². The lowest BCUT2D eigenvalue weighted by molar-refractivity contribution is 0.0603. The predicted octanol–water partition coefficient (Wildman–Crippen LogP) is 4.11. The summed E-state index contributed by atoms with van der Waals surface area (Å²) in [5.74, 6) is 0.720. The average molecular weight is 723 g/mol. The monoisotopic (exact) mass is 722 g/mol. The number of ether oxygens (including phenoxy) is 2. The third-order valence-electron chi connectivity index (χ3n) is 10.6. The largest absolute Gasteiger partial charge is 0.480 e. The van der Waals surface area contributed by atoms with Gasteiger partial charge in [0.15, 0.2) is 0 Å². The Kier molecular flexibility index (Phi) is 12.8. The number of rotatable bonds is 15. The van der Waals surface area contributed by atoms with Crippen LogP contribution in [0.5, 0.6) is 11.8 Å². The number of allylic oxidation sites excluding steroid dienone is 4. The van der Waals surface area contributed by atoms with Crippen molar-refractivity contribution in [1.29, 1.82) is 0 Å². The van der Waals surface area contributed by atoms with E-state index in [1.807, 2.05) is 37.3 Å². The second-order valence-electron chi connectivity index (χ2n) is 14.0. The molecule has 2 fully saturated rings. The number of aliphatic hydroxyl groups excluding tert-OH is 4. The summed E-state index contributed by atoms with van der Waals surface area (Å²) < 4.78 is 11.4. The van der Waals surface area contributed by atoms with Gasteiger partial charge in [-0.3, -0.25) is 19.8 Å². The van der Waals surface area contributed by atoms with Gasteiger partial charge >= 0.3 is 0 Å². The first-order valence-electron chi connectivity index (χ1n) is 17.4. The summed E-state index contributed by atoms with van der Waals surface area (Å²) >= 11 is 7.18. The van der Waals surface area contributed by atoms with Crippen molar-refractivity contribution in [3.05, 3.63) is 76.0 Å². The van der Waals surface area contributed by atoms with Crippen molar-refractivity contribution >= 4 is 17.2 Å². The Labute approximate surface area is 305 Å². The van der Waals surface area contributed by atoms with E-state index in [9.17, 15) is 20.4 Å². The SMILES string of the molecule is C/C=C\C(=C(\C)C(C)c1cnc(CN2CCC(CO)(CO)C2)c(OC)n1)c1cccc(-c2cnc(CN3CCC(CO)(CO)C3)c(OC)n2)c1Cl. The van der Waals surface area contributed by atoms with Crippen molar-refractivity contribution in [1.82, 2.24) is 29.7 Å². The molecule has 2 aliphatic heterocycles. The predicted molar refractivity (Wildman–Crippen MR) is 196 cm³/mol. The molecule has 2 saturated heterocycles. The lowest BCUT2D eigenvalue weighted by atomic mass is 9.89. The highest BCUT2D eigenvalue weighted by Crippen LogP contribution is 2.39. The molecule has 0 saturated carbocycles. The fraction of sp³-hybridized carbons (Fsp3) is 0.526. The number of likely N-dealkylation sites (tertiary alicyclic amines) is 2. The summed E-state index contributed by atoms with van der Waals surface area (Å²) in [6.45, 7) is 9.49. The van der Waals surface area contributed by atoms with Crippen LogP contribution in [0.2, 0.25) is 5.02 Å². The Balaban J connectivity index is 1.40. The summed E-state index contributed by atoms with van der Waals surface area (Å²) in [7, 11) is 3.16. The van der Waals surface area contributed by atoms with Gasteiger partial charge in [-0.05, 0) is 45.4 Å². The van der Waals surface area contributed by atoms with Crippen molar-refractivity contribution in [3.8, 4) is 23.0 Å². The zero-order valence-corrected chi connectivity index (χ0v) is 31.0. The van der Waals surface area contributed by atoms with Crippen molar-refractivity contribution in [2.24, 2.45) is 10.8 Å².